The summed E-state index contributed by atoms with van der Waals surface area (Å²) in [4.78, 5) is 30.3. The van der Waals surface area contributed by atoms with Crippen LogP contribution in [0.1, 0.15) is 18.0 Å². The molecule has 1 aliphatic rings. The molecule has 112 valence electrons. The molecule has 5 heteroatoms. The van der Waals surface area contributed by atoms with Crippen molar-refractivity contribution in [3.63, 3.8) is 0 Å². The maximum Gasteiger partial charge on any atom is 0.230 e. The zero-order valence-electron chi connectivity index (χ0n) is 12.3. The first kappa shape index (κ1) is 14.3. The molecule has 1 aromatic carbocycles. The Labute approximate surface area is 129 Å². The molecule has 5 nitrogen and oxygen atoms in total. The molecule has 0 bridgehead atoms. The van der Waals surface area contributed by atoms with Gasteiger partial charge in [-0.1, -0.05) is 30.3 Å². The topological polar surface area (TPSA) is 62.3 Å². The van der Waals surface area contributed by atoms with Crippen LogP contribution >= 0.6 is 0 Å². The van der Waals surface area contributed by atoms with Crippen LogP contribution in [-0.2, 0) is 9.59 Å². The van der Waals surface area contributed by atoms with Crippen LogP contribution in [-0.4, -0.2) is 28.7 Å². The molecule has 3 rings (SSSR count). The lowest BCUT2D eigenvalue weighted by atomic mass is 9.93. The van der Waals surface area contributed by atoms with E-state index in [1.165, 1.54) is 0 Å². The molecular formula is C17H17N3O2. The summed E-state index contributed by atoms with van der Waals surface area (Å²) in [6, 6.07) is 13.0. The summed E-state index contributed by atoms with van der Waals surface area (Å²) >= 11 is 0. The molecule has 0 spiro atoms. The number of pyridine rings is 1. The second-order valence-corrected chi connectivity index (χ2v) is 5.40. The number of carbonyl (C=O) groups excluding carboxylic acids is 2. The number of hydrogen-bond acceptors (Lipinski definition) is 3. The van der Waals surface area contributed by atoms with Crippen molar-refractivity contribution >= 4 is 17.5 Å². The average Bonchev–Trinajstić information content (AvgIpc) is 2.85. The van der Waals surface area contributed by atoms with Crippen molar-refractivity contribution in [2.45, 2.75) is 12.5 Å². The highest BCUT2D eigenvalue weighted by Crippen LogP contribution is 2.37. The number of anilines is 1. The molecule has 0 aliphatic carbocycles. The molecule has 1 N–H and O–H groups in total. The van der Waals surface area contributed by atoms with Gasteiger partial charge < -0.3 is 10.2 Å². The summed E-state index contributed by atoms with van der Waals surface area (Å²) in [5.41, 5.74) is 1.61. The number of rotatable bonds is 3. The summed E-state index contributed by atoms with van der Waals surface area (Å²) in [5, 5.41) is 2.84. The molecule has 2 atom stereocenters. The number of nitrogens with zero attached hydrogens (tertiary/aromatic N) is 2. The number of benzene rings is 1. The highest BCUT2D eigenvalue weighted by molar-refractivity contribution is 5.97. The number of carbonyl (C=O) groups is 2. The number of aromatic nitrogens is 1. The summed E-state index contributed by atoms with van der Waals surface area (Å²) < 4.78 is 0. The lowest BCUT2D eigenvalue weighted by Gasteiger charge is -2.24. The van der Waals surface area contributed by atoms with Gasteiger partial charge in [-0.2, -0.15) is 0 Å². The Hall–Kier alpha value is -2.69. The zero-order valence-corrected chi connectivity index (χ0v) is 12.3. The molecule has 22 heavy (non-hydrogen) atoms. The standard InChI is InChI=1S/C17H17N3O2/c1-20-15(21)10-14(16(20)12-6-3-2-4-7-12)17(22)19-13-8-5-9-18-11-13/h2-9,11,14,16H,10H2,1H3,(H,19,22)/t14-,16+/m1/s1. The summed E-state index contributed by atoms with van der Waals surface area (Å²) in [7, 11) is 1.75. The SMILES string of the molecule is CN1C(=O)C[C@@H](C(=O)Nc2cccnc2)[C@@H]1c1ccccc1. The van der Waals surface area contributed by atoms with Crippen molar-refractivity contribution in [2.24, 2.45) is 5.92 Å². The lowest BCUT2D eigenvalue weighted by molar-refractivity contribution is -0.127. The third-order valence-electron chi connectivity index (χ3n) is 3.99. The van der Waals surface area contributed by atoms with Gasteiger partial charge in [-0.15, -0.1) is 0 Å². The fourth-order valence-electron chi connectivity index (χ4n) is 2.88. The van der Waals surface area contributed by atoms with Crippen LogP contribution in [0.3, 0.4) is 0 Å². The van der Waals surface area contributed by atoms with Crippen molar-refractivity contribution < 1.29 is 9.59 Å². The molecule has 0 radical (unpaired) electrons. The Morgan fingerprint density at radius 3 is 2.68 bits per heavy atom. The zero-order chi connectivity index (χ0) is 15.5. The number of hydrogen-bond donors (Lipinski definition) is 1. The molecule has 1 aliphatic heterocycles. The quantitative estimate of drug-likeness (QED) is 0.944. The molecular weight excluding hydrogens is 278 g/mol. The first-order valence-corrected chi connectivity index (χ1v) is 7.18. The Bertz CT molecular complexity index is 673. The highest BCUT2D eigenvalue weighted by Gasteiger charge is 2.42. The van der Waals surface area contributed by atoms with Crippen LogP contribution in [0.4, 0.5) is 5.69 Å². The van der Waals surface area contributed by atoms with Gasteiger partial charge in [0.1, 0.15) is 0 Å². The van der Waals surface area contributed by atoms with E-state index in [4.69, 9.17) is 0 Å². The van der Waals surface area contributed by atoms with Gasteiger partial charge in [-0.3, -0.25) is 14.6 Å². The van der Waals surface area contributed by atoms with Crippen LogP contribution in [0.5, 0.6) is 0 Å². The van der Waals surface area contributed by atoms with Crippen LogP contribution in [0.15, 0.2) is 54.9 Å². The van der Waals surface area contributed by atoms with Crippen molar-refractivity contribution in [1.82, 2.24) is 9.88 Å². The largest absolute Gasteiger partial charge is 0.338 e. The summed E-state index contributed by atoms with van der Waals surface area (Å²) in [5.74, 6) is -0.570. The van der Waals surface area contributed by atoms with Crippen molar-refractivity contribution in [2.75, 3.05) is 12.4 Å². The van der Waals surface area contributed by atoms with Crippen molar-refractivity contribution in [1.29, 1.82) is 0 Å². The van der Waals surface area contributed by atoms with Gasteiger partial charge in [0.05, 0.1) is 23.8 Å². The van der Waals surface area contributed by atoms with Gasteiger partial charge in [0.15, 0.2) is 0 Å². The van der Waals surface area contributed by atoms with E-state index in [0.29, 0.717) is 5.69 Å². The van der Waals surface area contributed by atoms with E-state index < -0.39 is 5.92 Å². The molecule has 0 unspecified atom stereocenters. The summed E-state index contributed by atoms with van der Waals surface area (Å²) in [6.07, 6.45) is 3.47. The second kappa shape index (κ2) is 5.97. The minimum absolute atomic E-state index is 0.0137. The number of nitrogens with one attached hydrogen (secondary N) is 1. The van der Waals surface area contributed by atoms with Gasteiger partial charge in [-0.25, -0.2) is 0 Å². The van der Waals surface area contributed by atoms with E-state index in [0.717, 1.165) is 5.56 Å². The first-order chi connectivity index (χ1) is 10.7. The van der Waals surface area contributed by atoms with Crippen molar-refractivity contribution in [3.8, 4) is 0 Å². The Morgan fingerprint density at radius 1 is 1.23 bits per heavy atom. The van der Waals surface area contributed by atoms with E-state index in [1.54, 1.807) is 36.5 Å². The molecule has 2 amide bonds. The van der Waals surface area contributed by atoms with E-state index >= 15 is 0 Å². The maximum absolute atomic E-state index is 12.6. The van der Waals surface area contributed by atoms with Crippen molar-refractivity contribution in [3.05, 3.63) is 60.4 Å². The van der Waals surface area contributed by atoms with Crippen LogP contribution in [0, 0.1) is 5.92 Å². The molecule has 2 aromatic rings. The van der Waals surface area contributed by atoms with Gasteiger partial charge in [-0.05, 0) is 17.7 Å². The molecule has 1 fully saturated rings. The van der Waals surface area contributed by atoms with Gasteiger partial charge in [0, 0.05) is 19.7 Å². The van der Waals surface area contributed by atoms with Crippen LogP contribution in [0.25, 0.3) is 0 Å². The fourth-order valence-corrected chi connectivity index (χ4v) is 2.88. The third-order valence-corrected chi connectivity index (χ3v) is 3.99. The Balaban J connectivity index is 1.84. The molecule has 1 aromatic heterocycles. The van der Waals surface area contributed by atoms with Crippen LogP contribution < -0.4 is 5.32 Å². The smallest absolute Gasteiger partial charge is 0.230 e. The number of amides is 2. The third kappa shape index (κ3) is 2.70. The minimum atomic E-state index is -0.403. The summed E-state index contributed by atoms with van der Waals surface area (Å²) in [6.45, 7) is 0. The van der Waals surface area contributed by atoms with Crippen LogP contribution in [0.2, 0.25) is 0 Å². The van der Waals surface area contributed by atoms with Gasteiger partial charge in [0.2, 0.25) is 11.8 Å². The van der Waals surface area contributed by atoms with Gasteiger partial charge >= 0.3 is 0 Å². The predicted molar refractivity (Wildman–Crippen MR) is 82.9 cm³/mol. The number of likely N-dealkylation sites (tertiary alicyclic amines) is 1. The normalized spacial score (nSPS) is 21.0. The minimum Gasteiger partial charge on any atom is -0.338 e. The Kier molecular flexibility index (Phi) is 3.87. The van der Waals surface area contributed by atoms with E-state index in [-0.39, 0.29) is 24.3 Å². The van der Waals surface area contributed by atoms with E-state index in [1.807, 2.05) is 30.3 Å². The van der Waals surface area contributed by atoms with Gasteiger partial charge in [0.25, 0.3) is 0 Å². The highest BCUT2D eigenvalue weighted by atomic mass is 16.2. The average molecular weight is 295 g/mol. The lowest BCUT2D eigenvalue weighted by Crippen LogP contribution is -2.30. The molecule has 1 saturated heterocycles. The predicted octanol–water partition coefficient (Wildman–Crippen LogP) is 2.24. The maximum atomic E-state index is 12.6. The fraction of sp³-hybridized carbons (Fsp3) is 0.235. The van der Waals surface area contributed by atoms with E-state index in [2.05, 4.69) is 10.3 Å². The Morgan fingerprint density at radius 2 is 2.00 bits per heavy atom. The second-order valence-electron chi connectivity index (χ2n) is 5.40. The molecule has 0 saturated carbocycles. The monoisotopic (exact) mass is 295 g/mol. The first-order valence-electron chi connectivity index (χ1n) is 7.18. The molecule has 2 heterocycles. The van der Waals surface area contributed by atoms with E-state index in [9.17, 15) is 9.59 Å².